The molecule has 0 amide bonds. The number of nitrogens with one attached hydrogen (secondary N) is 1. The summed E-state index contributed by atoms with van der Waals surface area (Å²) in [4.78, 5) is 0.979. The Hall–Kier alpha value is -0.670. The van der Waals surface area contributed by atoms with E-state index in [0.717, 1.165) is 24.3 Å². The minimum atomic E-state index is -0.866. The second-order valence-corrected chi connectivity index (χ2v) is 6.67. The minimum Gasteiger partial charge on any atom is -0.313 e. The SMILES string of the molecule is CCCNC1CCCCC1S(=O)c1ccccc1. The van der Waals surface area contributed by atoms with Crippen LogP contribution in [-0.4, -0.2) is 22.0 Å². The van der Waals surface area contributed by atoms with Gasteiger partial charge in [-0.2, -0.15) is 0 Å². The summed E-state index contributed by atoms with van der Waals surface area (Å²) in [6, 6.07) is 10.3. The van der Waals surface area contributed by atoms with Gasteiger partial charge in [0.05, 0.1) is 16.0 Å². The Morgan fingerprint density at radius 2 is 1.94 bits per heavy atom. The van der Waals surface area contributed by atoms with Crippen LogP contribution in [0.1, 0.15) is 39.0 Å². The van der Waals surface area contributed by atoms with Crippen molar-refractivity contribution in [2.45, 2.75) is 55.2 Å². The first-order valence-corrected chi connectivity index (χ1v) is 8.23. The molecular weight excluding hydrogens is 242 g/mol. The van der Waals surface area contributed by atoms with Gasteiger partial charge in [-0.15, -0.1) is 0 Å². The molecule has 100 valence electrons. The summed E-state index contributed by atoms with van der Waals surface area (Å²) < 4.78 is 12.6. The molecule has 2 rings (SSSR count). The molecule has 2 nitrogen and oxygen atoms in total. The molecule has 0 aromatic heterocycles. The van der Waals surface area contributed by atoms with E-state index in [1.807, 2.05) is 30.3 Å². The maximum atomic E-state index is 12.6. The van der Waals surface area contributed by atoms with Crippen molar-refractivity contribution in [1.82, 2.24) is 5.32 Å². The van der Waals surface area contributed by atoms with E-state index in [4.69, 9.17) is 0 Å². The molecule has 1 aliphatic rings. The zero-order valence-corrected chi connectivity index (χ0v) is 11.9. The van der Waals surface area contributed by atoms with Crippen LogP contribution in [0.3, 0.4) is 0 Å². The third-order valence-corrected chi connectivity index (χ3v) is 5.46. The van der Waals surface area contributed by atoms with Crippen LogP contribution in [-0.2, 0) is 10.8 Å². The van der Waals surface area contributed by atoms with E-state index >= 15 is 0 Å². The Morgan fingerprint density at radius 1 is 1.22 bits per heavy atom. The molecular formula is C15H23NOS. The lowest BCUT2D eigenvalue weighted by Gasteiger charge is -2.31. The van der Waals surface area contributed by atoms with E-state index in [1.54, 1.807) is 0 Å². The van der Waals surface area contributed by atoms with Crippen molar-refractivity contribution in [2.24, 2.45) is 0 Å². The average molecular weight is 265 g/mol. The zero-order valence-electron chi connectivity index (χ0n) is 11.1. The lowest BCUT2D eigenvalue weighted by molar-refractivity contribution is 0.379. The highest BCUT2D eigenvalue weighted by molar-refractivity contribution is 7.85. The van der Waals surface area contributed by atoms with Crippen molar-refractivity contribution in [1.29, 1.82) is 0 Å². The zero-order chi connectivity index (χ0) is 12.8. The summed E-state index contributed by atoms with van der Waals surface area (Å²) in [6.45, 7) is 3.21. The van der Waals surface area contributed by atoms with Gasteiger partial charge in [-0.05, 0) is 37.9 Å². The van der Waals surface area contributed by atoms with Gasteiger partial charge >= 0.3 is 0 Å². The van der Waals surface area contributed by atoms with Crippen molar-refractivity contribution < 1.29 is 4.21 Å². The van der Waals surface area contributed by atoms with Crippen molar-refractivity contribution in [3.05, 3.63) is 30.3 Å². The van der Waals surface area contributed by atoms with E-state index in [-0.39, 0.29) is 5.25 Å². The van der Waals surface area contributed by atoms with Gasteiger partial charge in [0.25, 0.3) is 0 Å². The number of rotatable bonds is 5. The summed E-state index contributed by atoms with van der Waals surface area (Å²) in [7, 11) is -0.866. The normalized spacial score (nSPS) is 25.8. The molecule has 0 saturated heterocycles. The van der Waals surface area contributed by atoms with Crippen molar-refractivity contribution in [3.8, 4) is 0 Å². The molecule has 0 aliphatic heterocycles. The second kappa shape index (κ2) is 7.05. The molecule has 18 heavy (non-hydrogen) atoms. The Bertz CT molecular complexity index is 379. The van der Waals surface area contributed by atoms with Crippen LogP contribution < -0.4 is 5.32 Å². The number of hydrogen-bond donors (Lipinski definition) is 1. The molecule has 1 aromatic rings. The van der Waals surface area contributed by atoms with Crippen LogP contribution in [0.25, 0.3) is 0 Å². The molecule has 1 aliphatic carbocycles. The van der Waals surface area contributed by atoms with Gasteiger partial charge < -0.3 is 5.32 Å². The highest BCUT2D eigenvalue weighted by Gasteiger charge is 2.29. The molecule has 3 heteroatoms. The molecule has 3 unspecified atom stereocenters. The average Bonchev–Trinajstić information content (AvgIpc) is 2.45. The van der Waals surface area contributed by atoms with Crippen molar-refractivity contribution >= 4 is 10.8 Å². The molecule has 1 saturated carbocycles. The highest BCUT2D eigenvalue weighted by Crippen LogP contribution is 2.26. The van der Waals surface area contributed by atoms with E-state index in [0.29, 0.717) is 6.04 Å². The Kier molecular flexibility index (Phi) is 5.39. The predicted octanol–water partition coefficient (Wildman–Crippen LogP) is 3.11. The molecule has 0 bridgehead atoms. The van der Waals surface area contributed by atoms with Gasteiger partial charge in [0.15, 0.2) is 0 Å². The fraction of sp³-hybridized carbons (Fsp3) is 0.600. The quantitative estimate of drug-likeness (QED) is 0.886. The topological polar surface area (TPSA) is 29.1 Å². The van der Waals surface area contributed by atoms with Crippen LogP contribution in [0.5, 0.6) is 0 Å². The molecule has 1 aromatic carbocycles. The first kappa shape index (κ1) is 13.8. The molecule has 1 N–H and O–H groups in total. The fourth-order valence-corrected chi connectivity index (χ4v) is 4.33. The van der Waals surface area contributed by atoms with E-state index in [9.17, 15) is 4.21 Å². The smallest absolute Gasteiger partial charge is 0.0576 e. The Balaban J connectivity index is 2.06. The third kappa shape index (κ3) is 3.42. The second-order valence-electron chi connectivity index (χ2n) is 4.99. The minimum absolute atomic E-state index is 0.285. The molecule has 0 radical (unpaired) electrons. The lowest BCUT2D eigenvalue weighted by atomic mass is 9.95. The maximum absolute atomic E-state index is 12.6. The molecule has 3 atom stereocenters. The van der Waals surface area contributed by atoms with Gasteiger partial charge in [-0.25, -0.2) is 0 Å². The summed E-state index contributed by atoms with van der Waals surface area (Å²) in [5.74, 6) is 0. The summed E-state index contributed by atoms with van der Waals surface area (Å²) >= 11 is 0. The van der Waals surface area contributed by atoms with Gasteiger partial charge in [-0.3, -0.25) is 4.21 Å². The van der Waals surface area contributed by atoms with E-state index < -0.39 is 10.8 Å². The number of hydrogen-bond acceptors (Lipinski definition) is 2. The van der Waals surface area contributed by atoms with Crippen LogP contribution >= 0.6 is 0 Å². The van der Waals surface area contributed by atoms with Crippen molar-refractivity contribution in [3.63, 3.8) is 0 Å². The van der Waals surface area contributed by atoms with Gasteiger partial charge in [0.2, 0.25) is 0 Å². The van der Waals surface area contributed by atoms with Crippen LogP contribution in [0.15, 0.2) is 35.2 Å². The summed E-state index contributed by atoms with van der Waals surface area (Å²) in [6.07, 6.45) is 5.88. The Labute approximate surface area is 113 Å². The van der Waals surface area contributed by atoms with Gasteiger partial charge in [-0.1, -0.05) is 38.0 Å². The molecule has 0 heterocycles. The van der Waals surface area contributed by atoms with Crippen LogP contribution in [0.2, 0.25) is 0 Å². The third-order valence-electron chi connectivity index (χ3n) is 3.61. The predicted molar refractivity (Wildman–Crippen MR) is 77.2 cm³/mol. The van der Waals surface area contributed by atoms with Crippen molar-refractivity contribution in [2.75, 3.05) is 6.54 Å². The number of benzene rings is 1. The summed E-state index contributed by atoms with van der Waals surface area (Å²) in [5, 5.41) is 3.86. The summed E-state index contributed by atoms with van der Waals surface area (Å²) in [5.41, 5.74) is 0. The van der Waals surface area contributed by atoms with Crippen LogP contribution in [0, 0.1) is 0 Å². The van der Waals surface area contributed by atoms with Crippen LogP contribution in [0.4, 0.5) is 0 Å². The monoisotopic (exact) mass is 265 g/mol. The first-order valence-electron chi connectivity index (χ1n) is 7.02. The van der Waals surface area contributed by atoms with E-state index in [1.165, 1.54) is 19.3 Å². The lowest BCUT2D eigenvalue weighted by Crippen LogP contribution is -2.44. The largest absolute Gasteiger partial charge is 0.313 e. The van der Waals surface area contributed by atoms with Gasteiger partial charge in [0, 0.05) is 10.9 Å². The molecule has 1 fully saturated rings. The standard InChI is InChI=1S/C15H23NOS/c1-2-12-16-14-10-6-7-11-15(14)18(17)13-8-4-3-5-9-13/h3-5,8-9,14-16H,2,6-7,10-12H2,1H3. The Morgan fingerprint density at radius 3 is 2.67 bits per heavy atom. The van der Waals surface area contributed by atoms with E-state index in [2.05, 4.69) is 12.2 Å². The van der Waals surface area contributed by atoms with Gasteiger partial charge in [0.1, 0.15) is 0 Å². The highest BCUT2D eigenvalue weighted by atomic mass is 32.2. The fourth-order valence-electron chi connectivity index (χ4n) is 2.65. The first-order chi connectivity index (χ1) is 8.83. The maximum Gasteiger partial charge on any atom is 0.0576 e. The molecule has 0 spiro atoms.